The highest BCUT2D eigenvalue weighted by Crippen LogP contribution is 2.24. The fourth-order valence-electron chi connectivity index (χ4n) is 2.76. The minimum Gasteiger partial charge on any atom is -0.484 e. The minimum atomic E-state index is -0.720. The van der Waals surface area contributed by atoms with E-state index < -0.39 is 6.04 Å². The van der Waals surface area contributed by atoms with Crippen LogP contribution in [0, 0.1) is 6.92 Å². The average Bonchev–Trinajstić information content (AvgIpc) is 2.67. The Morgan fingerprint density at radius 2 is 1.73 bits per heavy atom. The molecule has 0 heterocycles. The van der Waals surface area contributed by atoms with Crippen molar-refractivity contribution in [3.8, 4) is 5.75 Å². The molecule has 1 unspecified atom stereocenters. The van der Waals surface area contributed by atoms with Gasteiger partial charge in [-0.2, -0.15) is 0 Å². The highest BCUT2D eigenvalue weighted by atomic mass is 35.5. The number of nitrogens with one attached hydrogen (secondary N) is 1. The molecular weight excluding hydrogens is 447 g/mol. The summed E-state index contributed by atoms with van der Waals surface area (Å²) in [4.78, 5) is 27.0. The number of nitrogens with zero attached hydrogens (tertiary/aromatic N) is 1. The summed E-state index contributed by atoms with van der Waals surface area (Å²) in [6, 6.07) is 9.42. The van der Waals surface area contributed by atoms with Gasteiger partial charge in [0.2, 0.25) is 5.91 Å². The second-order valence-corrected chi connectivity index (χ2v) is 8.55. The van der Waals surface area contributed by atoms with E-state index in [1.165, 1.54) is 4.90 Å². The summed E-state index contributed by atoms with van der Waals surface area (Å²) in [7, 11) is 0. The van der Waals surface area contributed by atoms with Crippen molar-refractivity contribution in [2.24, 2.45) is 0 Å². The Kier molecular flexibility index (Phi) is 8.83. The normalized spacial score (nSPS) is 11.9. The van der Waals surface area contributed by atoms with Crippen molar-refractivity contribution < 1.29 is 14.3 Å². The first-order valence-electron chi connectivity index (χ1n) is 9.51. The molecule has 30 heavy (non-hydrogen) atoms. The Morgan fingerprint density at radius 1 is 1.03 bits per heavy atom. The molecule has 1 atom stereocenters. The summed E-state index contributed by atoms with van der Waals surface area (Å²) >= 11 is 18.3. The molecule has 0 bridgehead atoms. The van der Waals surface area contributed by atoms with Crippen molar-refractivity contribution in [1.29, 1.82) is 0 Å². The van der Waals surface area contributed by atoms with Crippen molar-refractivity contribution in [2.45, 2.75) is 46.3 Å². The van der Waals surface area contributed by atoms with E-state index in [1.54, 1.807) is 43.3 Å². The lowest BCUT2D eigenvalue weighted by Gasteiger charge is -2.29. The number of halogens is 3. The zero-order valence-corrected chi connectivity index (χ0v) is 19.6. The molecule has 2 amide bonds. The van der Waals surface area contributed by atoms with E-state index >= 15 is 0 Å². The smallest absolute Gasteiger partial charge is 0.261 e. The third-order valence-electron chi connectivity index (χ3n) is 4.45. The largest absolute Gasteiger partial charge is 0.484 e. The maximum atomic E-state index is 13.0. The van der Waals surface area contributed by atoms with E-state index in [9.17, 15) is 9.59 Å². The van der Waals surface area contributed by atoms with E-state index in [1.807, 2.05) is 20.8 Å². The Morgan fingerprint density at radius 3 is 2.33 bits per heavy atom. The molecule has 0 saturated carbocycles. The quantitative estimate of drug-likeness (QED) is 0.570. The average molecular weight is 472 g/mol. The van der Waals surface area contributed by atoms with Crippen LogP contribution in [-0.2, 0) is 16.1 Å². The first kappa shape index (κ1) is 24.3. The second kappa shape index (κ2) is 10.9. The van der Waals surface area contributed by atoms with Gasteiger partial charge in [0.25, 0.3) is 5.91 Å². The molecule has 0 aliphatic rings. The van der Waals surface area contributed by atoms with Crippen molar-refractivity contribution in [3.05, 3.63) is 62.6 Å². The van der Waals surface area contributed by atoms with E-state index in [0.29, 0.717) is 26.4 Å². The van der Waals surface area contributed by atoms with Crippen LogP contribution in [-0.4, -0.2) is 35.4 Å². The number of hydrogen-bond acceptors (Lipinski definition) is 3. The molecular formula is C22H25Cl3N2O3. The molecule has 162 valence electrons. The number of rotatable bonds is 8. The Hall–Kier alpha value is -1.95. The topological polar surface area (TPSA) is 58.6 Å². The molecule has 2 aromatic rings. The van der Waals surface area contributed by atoms with Crippen LogP contribution in [0.3, 0.4) is 0 Å². The van der Waals surface area contributed by atoms with Crippen LogP contribution in [0.5, 0.6) is 5.75 Å². The molecule has 1 N–H and O–H groups in total. The van der Waals surface area contributed by atoms with Crippen LogP contribution in [0.2, 0.25) is 15.1 Å². The van der Waals surface area contributed by atoms with Crippen molar-refractivity contribution in [3.63, 3.8) is 0 Å². The maximum absolute atomic E-state index is 13.0. The van der Waals surface area contributed by atoms with Crippen LogP contribution in [0.25, 0.3) is 0 Å². The number of carbonyl (C=O) groups excluding carboxylic acids is 2. The fourth-order valence-corrected chi connectivity index (χ4v) is 3.34. The molecule has 0 fully saturated rings. The number of benzene rings is 2. The van der Waals surface area contributed by atoms with Crippen molar-refractivity contribution in [2.75, 3.05) is 6.61 Å². The molecule has 0 aliphatic carbocycles. The van der Waals surface area contributed by atoms with Gasteiger partial charge in [0.15, 0.2) is 6.61 Å². The van der Waals surface area contributed by atoms with Gasteiger partial charge in [0.1, 0.15) is 11.8 Å². The van der Waals surface area contributed by atoms with Crippen molar-refractivity contribution in [1.82, 2.24) is 10.2 Å². The number of hydrogen-bond donors (Lipinski definition) is 1. The Bertz CT molecular complexity index is 918. The van der Waals surface area contributed by atoms with Gasteiger partial charge in [-0.25, -0.2) is 0 Å². The third-order valence-corrected chi connectivity index (χ3v) is 5.46. The van der Waals surface area contributed by atoms with Crippen LogP contribution < -0.4 is 10.1 Å². The molecule has 0 aliphatic heterocycles. The fraction of sp³-hybridized carbons (Fsp3) is 0.364. The minimum absolute atomic E-state index is 0.0516. The van der Waals surface area contributed by atoms with Gasteiger partial charge in [-0.05, 0) is 69.2 Å². The molecule has 0 radical (unpaired) electrons. The van der Waals surface area contributed by atoms with Gasteiger partial charge in [0.05, 0.1) is 0 Å². The zero-order chi connectivity index (χ0) is 22.4. The SMILES string of the molecule is Cc1cc(OCC(=O)N(Cc2ccc(Cl)cc2Cl)C(C)C(=O)NC(C)C)ccc1Cl. The van der Waals surface area contributed by atoms with Gasteiger partial charge in [-0.15, -0.1) is 0 Å². The van der Waals surface area contributed by atoms with Gasteiger partial charge in [-0.1, -0.05) is 40.9 Å². The van der Waals surface area contributed by atoms with Gasteiger partial charge in [-0.3, -0.25) is 9.59 Å². The highest BCUT2D eigenvalue weighted by Gasteiger charge is 2.27. The number of amides is 2. The van der Waals surface area contributed by atoms with Gasteiger partial charge < -0.3 is 15.0 Å². The lowest BCUT2D eigenvalue weighted by molar-refractivity contribution is -0.142. The molecule has 0 saturated heterocycles. The van der Waals surface area contributed by atoms with E-state index in [4.69, 9.17) is 39.5 Å². The first-order chi connectivity index (χ1) is 14.1. The summed E-state index contributed by atoms with van der Waals surface area (Å²) in [6.45, 7) is 7.16. The molecule has 0 aromatic heterocycles. The standard InChI is InChI=1S/C22H25Cl3N2O3/c1-13(2)26-22(29)15(4)27(11-16-5-6-17(23)10-20(16)25)21(28)12-30-18-7-8-19(24)14(3)9-18/h5-10,13,15H,11-12H2,1-4H3,(H,26,29). The van der Waals surface area contributed by atoms with Crippen molar-refractivity contribution >= 4 is 46.6 Å². The highest BCUT2D eigenvalue weighted by molar-refractivity contribution is 6.35. The summed E-state index contributed by atoms with van der Waals surface area (Å²) in [6.07, 6.45) is 0. The zero-order valence-electron chi connectivity index (χ0n) is 17.3. The summed E-state index contributed by atoms with van der Waals surface area (Å²) in [5.74, 6) is -0.0835. The van der Waals surface area contributed by atoms with Gasteiger partial charge in [0, 0.05) is 27.7 Å². The lowest BCUT2D eigenvalue weighted by Crippen LogP contribution is -2.50. The molecule has 2 aromatic carbocycles. The third kappa shape index (κ3) is 6.79. The Balaban J connectivity index is 2.20. The molecule has 5 nitrogen and oxygen atoms in total. The lowest BCUT2D eigenvalue weighted by atomic mass is 10.1. The predicted molar refractivity (Wildman–Crippen MR) is 121 cm³/mol. The van der Waals surface area contributed by atoms with E-state index in [2.05, 4.69) is 5.32 Å². The van der Waals surface area contributed by atoms with Crippen LogP contribution in [0.4, 0.5) is 0 Å². The van der Waals surface area contributed by atoms with E-state index in [0.717, 1.165) is 5.56 Å². The summed E-state index contributed by atoms with van der Waals surface area (Å²) in [5.41, 5.74) is 1.53. The van der Waals surface area contributed by atoms with E-state index in [-0.39, 0.29) is 31.0 Å². The predicted octanol–water partition coefficient (Wildman–Crippen LogP) is 5.28. The first-order valence-corrected chi connectivity index (χ1v) is 10.6. The molecule has 2 rings (SSSR count). The monoisotopic (exact) mass is 470 g/mol. The number of aryl methyl sites for hydroxylation is 1. The van der Waals surface area contributed by atoms with Crippen LogP contribution >= 0.6 is 34.8 Å². The van der Waals surface area contributed by atoms with Crippen LogP contribution in [0.1, 0.15) is 31.9 Å². The molecule has 0 spiro atoms. The second-order valence-electron chi connectivity index (χ2n) is 7.30. The summed E-state index contributed by atoms with van der Waals surface area (Å²) < 4.78 is 5.65. The number of ether oxygens (including phenoxy) is 1. The van der Waals surface area contributed by atoms with Crippen LogP contribution in [0.15, 0.2) is 36.4 Å². The van der Waals surface area contributed by atoms with Gasteiger partial charge >= 0.3 is 0 Å². The number of carbonyl (C=O) groups is 2. The molecule has 8 heteroatoms. The summed E-state index contributed by atoms with van der Waals surface area (Å²) in [5, 5.41) is 4.37. The Labute approximate surface area is 192 Å². The maximum Gasteiger partial charge on any atom is 0.261 e.